The number of piperazine rings is 1. The van der Waals surface area contributed by atoms with Gasteiger partial charge in [-0.05, 0) is 36.9 Å². The van der Waals surface area contributed by atoms with Crippen molar-refractivity contribution >= 4 is 11.6 Å². The van der Waals surface area contributed by atoms with Crippen molar-refractivity contribution in [2.75, 3.05) is 38.5 Å². The zero-order valence-corrected chi connectivity index (χ0v) is 16.1. The average Bonchev–Trinajstić information content (AvgIpc) is 2.65. The molecule has 1 aliphatic heterocycles. The number of aromatic nitrogens is 1. The molecule has 1 amide bonds. The summed E-state index contributed by atoms with van der Waals surface area (Å²) in [5.41, 5.74) is -0.953. The molecule has 1 aliphatic rings. The number of anilines is 1. The molecule has 6 nitrogen and oxygen atoms in total. The van der Waals surface area contributed by atoms with Crippen LogP contribution in [0.2, 0.25) is 0 Å². The van der Waals surface area contributed by atoms with Crippen molar-refractivity contribution < 1.29 is 18.0 Å². The van der Waals surface area contributed by atoms with Gasteiger partial charge >= 0.3 is 6.18 Å². The summed E-state index contributed by atoms with van der Waals surface area (Å²) in [7, 11) is 2.09. The van der Waals surface area contributed by atoms with E-state index in [0.717, 1.165) is 48.9 Å². The number of halogens is 3. The molecule has 2 heterocycles. The van der Waals surface area contributed by atoms with Crippen LogP contribution in [-0.2, 0) is 24.1 Å². The Hall–Kier alpha value is -2.65. The molecule has 9 heteroatoms. The van der Waals surface area contributed by atoms with Gasteiger partial charge < -0.3 is 14.8 Å². The Labute approximate surface area is 166 Å². The number of nitrogens with one attached hydrogen (secondary N) is 1. The maximum atomic E-state index is 12.9. The first-order valence-electron chi connectivity index (χ1n) is 9.29. The summed E-state index contributed by atoms with van der Waals surface area (Å²) >= 11 is 0. The van der Waals surface area contributed by atoms with Gasteiger partial charge in [0.2, 0.25) is 5.91 Å². The number of pyridine rings is 1. The molecule has 1 fully saturated rings. The lowest BCUT2D eigenvalue weighted by molar-refractivity contribution is -0.139. The topological polar surface area (TPSA) is 57.6 Å². The molecule has 0 atom stereocenters. The fraction of sp³-hybridized carbons (Fsp3) is 0.400. The summed E-state index contributed by atoms with van der Waals surface area (Å²) < 4.78 is 39.3. The van der Waals surface area contributed by atoms with Gasteiger partial charge in [-0.25, -0.2) is 0 Å². The van der Waals surface area contributed by atoms with Crippen LogP contribution in [0.1, 0.15) is 11.1 Å². The Bertz CT molecular complexity index is 918. The quantitative estimate of drug-likeness (QED) is 0.825. The fourth-order valence-corrected chi connectivity index (χ4v) is 3.24. The largest absolute Gasteiger partial charge is 0.421 e. The van der Waals surface area contributed by atoms with Crippen LogP contribution in [0.15, 0.2) is 47.4 Å². The predicted octanol–water partition coefficient (Wildman–Crippen LogP) is 2.25. The maximum Gasteiger partial charge on any atom is 0.421 e. The van der Waals surface area contributed by atoms with Gasteiger partial charge in [-0.2, -0.15) is 13.2 Å². The van der Waals surface area contributed by atoms with Gasteiger partial charge in [0.25, 0.3) is 5.56 Å². The second kappa shape index (κ2) is 8.79. The molecule has 29 heavy (non-hydrogen) atoms. The molecule has 0 bridgehead atoms. The van der Waals surface area contributed by atoms with E-state index in [2.05, 4.69) is 22.2 Å². The van der Waals surface area contributed by atoms with E-state index in [1.54, 1.807) is 6.07 Å². The molecule has 1 aromatic heterocycles. The number of hydrogen-bond acceptors (Lipinski definition) is 4. The van der Waals surface area contributed by atoms with Crippen molar-refractivity contribution in [3.63, 3.8) is 0 Å². The van der Waals surface area contributed by atoms with Crippen molar-refractivity contribution in [2.24, 2.45) is 0 Å². The highest BCUT2D eigenvalue weighted by molar-refractivity contribution is 5.90. The molecule has 0 radical (unpaired) electrons. The van der Waals surface area contributed by atoms with E-state index in [1.807, 2.05) is 18.2 Å². The first-order valence-corrected chi connectivity index (χ1v) is 9.29. The minimum atomic E-state index is -4.76. The van der Waals surface area contributed by atoms with Gasteiger partial charge in [-0.1, -0.05) is 12.1 Å². The number of nitrogens with zero attached hydrogens (tertiary/aromatic N) is 3. The predicted molar refractivity (Wildman–Crippen MR) is 104 cm³/mol. The van der Waals surface area contributed by atoms with Crippen molar-refractivity contribution in [3.05, 3.63) is 64.1 Å². The zero-order valence-electron chi connectivity index (χ0n) is 16.1. The third-order valence-corrected chi connectivity index (χ3v) is 4.85. The Morgan fingerprint density at radius 3 is 2.52 bits per heavy atom. The first-order chi connectivity index (χ1) is 13.7. The number of hydrogen-bond donors (Lipinski definition) is 1. The third kappa shape index (κ3) is 5.68. The van der Waals surface area contributed by atoms with E-state index in [0.29, 0.717) is 11.8 Å². The zero-order chi connectivity index (χ0) is 21.0. The van der Waals surface area contributed by atoms with Gasteiger partial charge in [0.05, 0.1) is 0 Å². The standard InChI is InChI=1S/C20H23F3N4O2/c1-25-8-10-26(11-9-25)13-15-4-2-5-16(12-15)24-18(28)14-27-7-3-6-17(19(27)29)20(21,22)23/h2-7,12H,8-11,13-14H2,1H3,(H,24,28). The van der Waals surface area contributed by atoms with E-state index >= 15 is 0 Å². The molecule has 1 N–H and O–H groups in total. The molecule has 0 saturated carbocycles. The van der Waals surface area contributed by atoms with E-state index in [-0.39, 0.29) is 0 Å². The van der Waals surface area contributed by atoms with Crippen molar-refractivity contribution in [1.82, 2.24) is 14.4 Å². The van der Waals surface area contributed by atoms with Gasteiger partial charge in [0.15, 0.2) is 0 Å². The summed E-state index contributed by atoms with van der Waals surface area (Å²) in [5, 5.41) is 2.65. The summed E-state index contributed by atoms with van der Waals surface area (Å²) in [6.45, 7) is 4.19. The van der Waals surface area contributed by atoms with Gasteiger partial charge in [0, 0.05) is 44.6 Å². The number of benzene rings is 1. The smallest absolute Gasteiger partial charge is 0.325 e. The van der Waals surface area contributed by atoms with Gasteiger partial charge in [0.1, 0.15) is 12.1 Å². The van der Waals surface area contributed by atoms with Crippen LogP contribution < -0.4 is 10.9 Å². The first kappa shape index (κ1) is 21.1. The van der Waals surface area contributed by atoms with Crippen molar-refractivity contribution in [1.29, 1.82) is 0 Å². The lowest BCUT2D eigenvalue weighted by Crippen LogP contribution is -2.43. The van der Waals surface area contributed by atoms with Crippen molar-refractivity contribution in [2.45, 2.75) is 19.3 Å². The molecule has 1 aromatic carbocycles. The normalized spacial score (nSPS) is 16.0. The van der Waals surface area contributed by atoms with E-state index in [1.165, 1.54) is 6.20 Å². The van der Waals surface area contributed by atoms with E-state index in [9.17, 15) is 22.8 Å². The molecule has 0 unspecified atom stereocenters. The van der Waals surface area contributed by atoms with E-state index < -0.39 is 29.8 Å². The monoisotopic (exact) mass is 408 g/mol. The Morgan fingerprint density at radius 1 is 1.10 bits per heavy atom. The minimum absolute atomic E-state index is 0.495. The number of alkyl halides is 3. The average molecular weight is 408 g/mol. The van der Waals surface area contributed by atoms with Crippen LogP contribution in [0.3, 0.4) is 0 Å². The SMILES string of the molecule is CN1CCN(Cc2cccc(NC(=O)Cn3cccc(C(F)(F)F)c3=O)c2)CC1. The van der Waals surface area contributed by atoms with Crippen LogP contribution in [0.5, 0.6) is 0 Å². The number of rotatable bonds is 5. The molecule has 3 rings (SSSR count). The van der Waals surface area contributed by atoms with E-state index in [4.69, 9.17) is 0 Å². The fourth-order valence-electron chi connectivity index (χ4n) is 3.24. The van der Waals surface area contributed by atoms with Crippen LogP contribution in [-0.4, -0.2) is 53.5 Å². The molecule has 1 saturated heterocycles. The maximum absolute atomic E-state index is 12.9. The summed E-state index contributed by atoms with van der Waals surface area (Å²) in [5.74, 6) is -0.567. The highest BCUT2D eigenvalue weighted by Gasteiger charge is 2.34. The number of likely N-dealkylation sites (N-methyl/N-ethyl adjacent to an activating group) is 1. The van der Waals surface area contributed by atoms with Gasteiger partial charge in [-0.15, -0.1) is 0 Å². The molecule has 0 aliphatic carbocycles. The number of amides is 1. The lowest BCUT2D eigenvalue weighted by Gasteiger charge is -2.32. The Morgan fingerprint density at radius 2 is 1.83 bits per heavy atom. The van der Waals surface area contributed by atoms with Crippen molar-refractivity contribution in [3.8, 4) is 0 Å². The Kier molecular flexibility index (Phi) is 6.39. The molecular weight excluding hydrogens is 385 g/mol. The minimum Gasteiger partial charge on any atom is -0.325 e. The van der Waals surface area contributed by atoms with Crippen LogP contribution in [0.25, 0.3) is 0 Å². The highest BCUT2D eigenvalue weighted by Crippen LogP contribution is 2.26. The second-order valence-corrected chi connectivity index (χ2v) is 7.18. The molecule has 2 aromatic rings. The molecule has 156 valence electrons. The lowest BCUT2D eigenvalue weighted by atomic mass is 10.1. The summed E-state index contributed by atoms with van der Waals surface area (Å²) in [6.07, 6.45) is -3.59. The second-order valence-electron chi connectivity index (χ2n) is 7.18. The van der Waals surface area contributed by atoms with Gasteiger partial charge in [-0.3, -0.25) is 14.5 Å². The highest BCUT2D eigenvalue weighted by atomic mass is 19.4. The van der Waals surface area contributed by atoms with Crippen LogP contribution >= 0.6 is 0 Å². The third-order valence-electron chi connectivity index (χ3n) is 4.85. The molecule has 0 spiro atoms. The Balaban J connectivity index is 1.64. The van der Waals surface area contributed by atoms with Crippen LogP contribution in [0, 0.1) is 0 Å². The number of carbonyl (C=O) groups is 1. The molecular formula is C20H23F3N4O2. The van der Waals surface area contributed by atoms with Crippen LogP contribution in [0.4, 0.5) is 18.9 Å². The summed E-state index contributed by atoms with van der Waals surface area (Å²) in [4.78, 5) is 28.8. The number of carbonyl (C=O) groups excluding carboxylic acids is 1. The summed E-state index contributed by atoms with van der Waals surface area (Å²) in [6, 6.07) is 9.14.